The van der Waals surface area contributed by atoms with Gasteiger partial charge in [0.15, 0.2) is 0 Å². The van der Waals surface area contributed by atoms with Crippen LogP contribution >= 0.6 is 0 Å². The Balaban J connectivity index is 1.54. The highest BCUT2D eigenvalue weighted by Gasteiger charge is 2.46. The predicted molar refractivity (Wildman–Crippen MR) is 122 cm³/mol. The molecule has 0 bridgehead atoms. The van der Waals surface area contributed by atoms with Crippen molar-refractivity contribution in [3.8, 4) is 5.75 Å². The van der Waals surface area contributed by atoms with E-state index in [2.05, 4.69) is 4.98 Å². The Morgan fingerprint density at radius 2 is 2.03 bits per heavy atom. The largest absolute Gasteiger partial charge is 0.507 e. The molecule has 1 amide bonds. The first kappa shape index (κ1) is 21.9. The zero-order valence-corrected chi connectivity index (χ0v) is 18.6. The zero-order chi connectivity index (χ0) is 23.8. The molecule has 2 aliphatic heterocycles. The van der Waals surface area contributed by atoms with Crippen LogP contribution in [0.5, 0.6) is 5.75 Å². The minimum atomic E-state index is -1.02. The number of aliphatic hydroxyl groups is 1. The van der Waals surface area contributed by atoms with E-state index in [9.17, 15) is 19.1 Å². The first-order chi connectivity index (χ1) is 16.4. The molecule has 0 unspecified atom stereocenters. The third-order valence-electron chi connectivity index (χ3n) is 6.28. The number of hydrogen-bond acceptors (Lipinski definition) is 5. The molecule has 5 rings (SSSR count). The second kappa shape index (κ2) is 8.78. The molecule has 0 radical (unpaired) electrons. The van der Waals surface area contributed by atoms with E-state index < -0.39 is 23.5 Å². The summed E-state index contributed by atoms with van der Waals surface area (Å²) in [5.41, 5.74) is 1.37. The van der Waals surface area contributed by atoms with Gasteiger partial charge in [-0.15, -0.1) is 0 Å². The van der Waals surface area contributed by atoms with Crippen LogP contribution in [0.2, 0.25) is 0 Å². The summed E-state index contributed by atoms with van der Waals surface area (Å²) in [4.78, 5) is 31.5. The Morgan fingerprint density at radius 1 is 1.21 bits per heavy atom. The summed E-state index contributed by atoms with van der Waals surface area (Å²) >= 11 is 0. The number of aromatic nitrogens is 2. The molecule has 1 N–H and O–H groups in total. The number of ketones is 1. The lowest BCUT2D eigenvalue weighted by Crippen LogP contribution is -2.31. The standard InChI is InChI=1S/C26H24FN3O4/c1-16-13-18-14-17(7-8-21(18)34-16)24(31)22-23(19-5-2-3-6-20(19)27)30(26(33)25(22)32)11-4-10-29-12-9-28-15-29/h2-3,5-9,12,14-16,23,31H,4,10-11,13H2,1H3/t16-,23-/m1/s1. The molecule has 3 heterocycles. The van der Waals surface area contributed by atoms with E-state index in [1.165, 1.54) is 11.0 Å². The molecular formula is C26H24FN3O4. The number of carbonyl (C=O) groups is 2. The molecule has 34 heavy (non-hydrogen) atoms. The van der Waals surface area contributed by atoms with Crippen molar-refractivity contribution in [3.63, 3.8) is 0 Å². The van der Waals surface area contributed by atoms with Crippen molar-refractivity contribution >= 4 is 17.4 Å². The zero-order valence-electron chi connectivity index (χ0n) is 18.6. The summed E-state index contributed by atoms with van der Waals surface area (Å²) in [6.07, 6.45) is 6.36. The average Bonchev–Trinajstić information content (AvgIpc) is 3.53. The van der Waals surface area contributed by atoms with E-state index >= 15 is 0 Å². The van der Waals surface area contributed by atoms with Gasteiger partial charge in [-0.05, 0) is 43.2 Å². The highest BCUT2D eigenvalue weighted by molar-refractivity contribution is 6.46. The van der Waals surface area contributed by atoms with E-state index in [1.54, 1.807) is 55.1 Å². The lowest BCUT2D eigenvalue weighted by molar-refractivity contribution is -0.140. The van der Waals surface area contributed by atoms with E-state index in [4.69, 9.17) is 4.74 Å². The summed E-state index contributed by atoms with van der Waals surface area (Å²) in [6.45, 7) is 2.75. The van der Waals surface area contributed by atoms with Crippen LogP contribution in [0.3, 0.4) is 0 Å². The number of rotatable bonds is 6. The maximum atomic E-state index is 14.9. The van der Waals surface area contributed by atoms with Gasteiger partial charge < -0.3 is 19.3 Å². The maximum Gasteiger partial charge on any atom is 0.295 e. The number of hydrogen-bond donors (Lipinski definition) is 1. The molecule has 3 aromatic rings. The Labute approximate surface area is 196 Å². The normalized spacial score (nSPS) is 21.1. The molecule has 2 aliphatic rings. The second-order valence-electron chi connectivity index (χ2n) is 8.62. The molecule has 7 nitrogen and oxygen atoms in total. The Bertz CT molecular complexity index is 1280. The van der Waals surface area contributed by atoms with E-state index in [0.717, 1.165) is 11.3 Å². The minimum absolute atomic E-state index is 0.0203. The number of Topliss-reactive ketones (excluding diaryl/α,β-unsaturated/α-hetero) is 1. The Kier molecular flexibility index (Phi) is 5.65. The summed E-state index contributed by atoms with van der Waals surface area (Å²) in [7, 11) is 0. The molecule has 174 valence electrons. The van der Waals surface area contributed by atoms with Crippen molar-refractivity contribution in [1.29, 1.82) is 0 Å². The molecule has 1 fully saturated rings. The summed E-state index contributed by atoms with van der Waals surface area (Å²) in [5.74, 6) is -1.70. The first-order valence-electron chi connectivity index (χ1n) is 11.2. The third-order valence-corrected chi connectivity index (χ3v) is 6.28. The first-order valence-corrected chi connectivity index (χ1v) is 11.2. The van der Waals surface area contributed by atoms with Gasteiger partial charge in [-0.3, -0.25) is 9.59 Å². The van der Waals surface area contributed by atoms with Crippen LogP contribution in [0.25, 0.3) is 5.76 Å². The summed E-state index contributed by atoms with van der Waals surface area (Å²) in [5, 5.41) is 11.2. The van der Waals surface area contributed by atoms with Crippen LogP contribution < -0.4 is 4.74 Å². The van der Waals surface area contributed by atoms with Crippen LogP contribution in [-0.4, -0.2) is 43.9 Å². The van der Waals surface area contributed by atoms with Gasteiger partial charge in [-0.1, -0.05) is 18.2 Å². The molecule has 0 spiro atoms. The second-order valence-corrected chi connectivity index (χ2v) is 8.62. The third kappa shape index (κ3) is 3.85. The molecule has 0 saturated carbocycles. The number of imidazole rings is 1. The highest BCUT2D eigenvalue weighted by Crippen LogP contribution is 2.41. The predicted octanol–water partition coefficient (Wildman–Crippen LogP) is 3.86. The monoisotopic (exact) mass is 461 g/mol. The Morgan fingerprint density at radius 3 is 2.79 bits per heavy atom. The topological polar surface area (TPSA) is 84.7 Å². The van der Waals surface area contributed by atoms with Crippen LogP contribution in [0.1, 0.15) is 36.1 Å². The number of aliphatic hydroxyl groups excluding tert-OH is 1. The number of amides is 1. The maximum absolute atomic E-state index is 14.9. The number of likely N-dealkylation sites (tertiary alicyclic amines) is 1. The molecule has 2 atom stereocenters. The van der Waals surface area contributed by atoms with Gasteiger partial charge >= 0.3 is 0 Å². The Hall–Kier alpha value is -3.94. The highest BCUT2D eigenvalue weighted by atomic mass is 19.1. The van der Waals surface area contributed by atoms with Crippen molar-refractivity contribution in [2.24, 2.45) is 0 Å². The van der Waals surface area contributed by atoms with E-state index in [-0.39, 0.29) is 29.5 Å². The van der Waals surface area contributed by atoms with E-state index in [1.807, 2.05) is 11.5 Å². The minimum Gasteiger partial charge on any atom is -0.507 e. The molecule has 0 aliphatic carbocycles. The van der Waals surface area contributed by atoms with Gasteiger partial charge in [-0.2, -0.15) is 0 Å². The van der Waals surface area contributed by atoms with Crippen LogP contribution in [0.4, 0.5) is 4.39 Å². The summed E-state index contributed by atoms with van der Waals surface area (Å²) in [6, 6.07) is 10.2. The van der Waals surface area contributed by atoms with Gasteiger partial charge in [0, 0.05) is 43.0 Å². The van der Waals surface area contributed by atoms with E-state index in [0.29, 0.717) is 24.9 Å². The lowest BCUT2D eigenvalue weighted by Gasteiger charge is -2.25. The fraction of sp³-hybridized carbons (Fsp3) is 0.269. The number of halogens is 1. The van der Waals surface area contributed by atoms with Crippen molar-refractivity contribution in [2.45, 2.75) is 38.5 Å². The molecule has 1 aromatic heterocycles. The number of aryl methyl sites for hydroxylation is 1. The van der Waals surface area contributed by atoms with Crippen molar-refractivity contribution < 1.29 is 23.8 Å². The van der Waals surface area contributed by atoms with Crippen molar-refractivity contribution in [1.82, 2.24) is 14.5 Å². The average molecular weight is 461 g/mol. The van der Waals surface area contributed by atoms with Gasteiger partial charge in [0.1, 0.15) is 23.4 Å². The van der Waals surface area contributed by atoms with Crippen LogP contribution in [0.15, 0.2) is 66.8 Å². The molecule has 2 aromatic carbocycles. The van der Waals surface area contributed by atoms with Crippen LogP contribution in [-0.2, 0) is 22.6 Å². The SMILES string of the molecule is C[C@@H]1Cc2cc(C(O)=C3C(=O)C(=O)N(CCCn4ccnc4)[C@@H]3c3ccccc3F)ccc2O1. The molecule has 1 saturated heterocycles. The fourth-order valence-corrected chi connectivity index (χ4v) is 4.70. The lowest BCUT2D eigenvalue weighted by atomic mass is 9.94. The number of carbonyl (C=O) groups excluding carboxylic acids is 2. The quantitative estimate of drug-likeness (QED) is 0.342. The number of benzene rings is 2. The van der Waals surface area contributed by atoms with Crippen molar-refractivity contribution in [3.05, 3.63) is 89.3 Å². The van der Waals surface area contributed by atoms with Gasteiger partial charge in [0.2, 0.25) is 0 Å². The van der Waals surface area contributed by atoms with Crippen LogP contribution in [0, 0.1) is 5.82 Å². The number of nitrogens with zero attached hydrogens (tertiary/aromatic N) is 3. The summed E-state index contributed by atoms with van der Waals surface area (Å²) < 4.78 is 22.5. The van der Waals surface area contributed by atoms with Gasteiger partial charge in [0.05, 0.1) is 17.9 Å². The van der Waals surface area contributed by atoms with Gasteiger partial charge in [-0.25, -0.2) is 9.37 Å². The van der Waals surface area contributed by atoms with Crippen molar-refractivity contribution in [2.75, 3.05) is 6.54 Å². The molecular weight excluding hydrogens is 437 g/mol. The smallest absolute Gasteiger partial charge is 0.295 e. The fourth-order valence-electron chi connectivity index (χ4n) is 4.70. The molecule has 8 heteroatoms. The number of ether oxygens (including phenoxy) is 1. The van der Waals surface area contributed by atoms with Gasteiger partial charge in [0.25, 0.3) is 11.7 Å². The number of fused-ring (bicyclic) bond motifs is 1.